The molecule has 2 aromatic heterocycles. The summed E-state index contributed by atoms with van der Waals surface area (Å²) in [5.74, 6) is -1.08. The number of rotatable bonds is 7. The lowest BCUT2D eigenvalue weighted by molar-refractivity contribution is -0.116. The van der Waals surface area contributed by atoms with E-state index >= 15 is 0 Å². The van der Waals surface area contributed by atoms with Gasteiger partial charge in [-0.25, -0.2) is 14.5 Å². The first kappa shape index (κ1) is 18.8. The number of amides is 1. The van der Waals surface area contributed by atoms with Gasteiger partial charge in [-0.3, -0.25) is 4.79 Å². The molecule has 3 aromatic rings. The van der Waals surface area contributed by atoms with Gasteiger partial charge in [-0.15, -0.1) is 11.3 Å². The lowest BCUT2D eigenvalue weighted by Crippen LogP contribution is -2.12. The Balaban J connectivity index is 1.62. The van der Waals surface area contributed by atoms with Crippen LogP contribution < -0.4 is 5.32 Å². The summed E-state index contributed by atoms with van der Waals surface area (Å²) in [6.07, 6.45) is 3.24. The van der Waals surface area contributed by atoms with Crippen molar-refractivity contribution in [2.45, 2.75) is 33.1 Å². The number of hydrogen-bond acceptors (Lipinski definition) is 5. The molecule has 0 bridgehead atoms. The van der Waals surface area contributed by atoms with Crippen molar-refractivity contribution in [3.63, 3.8) is 0 Å². The minimum absolute atomic E-state index is 0.0671. The quantitative estimate of drug-likeness (QED) is 0.649. The van der Waals surface area contributed by atoms with E-state index in [2.05, 4.69) is 15.4 Å². The van der Waals surface area contributed by atoms with Crippen LogP contribution in [-0.2, 0) is 11.2 Å². The first-order valence-corrected chi connectivity index (χ1v) is 9.41. The van der Waals surface area contributed by atoms with E-state index in [0.717, 1.165) is 23.5 Å². The van der Waals surface area contributed by atoms with Crippen molar-refractivity contribution in [1.29, 1.82) is 0 Å². The number of aryl methyl sites for hydroxylation is 2. The van der Waals surface area contributed by atoms with Crippen molar-refractivity contribution < 1.29 is 14.7 Å². The predicted octanol–water partition coefficient (Wildman–Crippen LogP) is 3.61. The van der Waals surface area contributed by atoms with Gasteiger partial charge in [0.05, 0.1) is 28.3 Å². The van der Waals surface area contributed by atoms with E-state index in [4.69, 9.17) is 5.11 Å². The zero-order chi connectivity index (χ0) is 19.4. The number of hydrogen-bond donors (Lipinski definition) is 2. The highest BCUT2D eigenvalue weighted by Crippen LogP contribution is 2.18. The maximum Gasteiger partial charge on any atom is 0.339 e. The Labute approximate surface area is 160 Å². The molecule has 0 saturated heterocycles. The number of thiazole rings is 1. The minimum atomic E-state index is -1.02. The van der Waals surface area contributed by atoms with E-state index in [1.54, 1.807) is 41.1 Å². The molecule has 1 aromatic carbocycles. The maximum atomic E-state index is 12.2. The van der Waals surface area contributed by atoms with Gasteiger partial charge in [-0.05, 0) is 44.9 Å². The molecule has 8 heteroatoms. The second-order valence-electron chi connectivity index (χ2n) is 6.17. The fourth-order valence-corrected chi connectivity index (χ4v) is 3.42. The van der Waals surface area contributed by atoms with Gasteiger partial charge in [-0.2, -0.15) is 5.10 Å². The van der Waals surface area contributed by atoms with Crippen LogP contribution in [0.15, 0.2) is 35.8 Å². The van der Waals surface area contributed by atoms with Gasteiger partial charge < -0.3 is 10.4 Å². The fourth-order valence-electron chi connectivity index (χ4n) is 2.77. The number of aromatic nitrogens is 3. The highest BCUT2D eigenvalue weighted by Gasteiger charge is 2.14. The molecule has 0 aliphatic carbocycles. The van der Waals surface area contributed by atoms with Gasteiger partial charge in [0.15, 0.2) is 0 Å². The first-order valence-electron chi connectivity index (χ1n) is 8.53. The summed E-state index contributed by atoms with van der Waals surface area (Å²) < 4.78 is 1.55. The molecule has 3 rings (SSSR count). The average Bonchev–Trinajstić information content (AvgIpc) is 3.20. The van der Waals surface area contributed by atoms with Gasteiger partial charge >= 0.3 is 5.97 Å². The summed E-state index contributed by atoms with van der Waals surface area (Å²) in [5, 5.41) is 19.2. The molecule has 0 spiro atoms. The lowest BCUT2D eigenvalue weighted by Gasteiger charge is -2.09. The number of carbonyl (C=O) groups is 2. The largest absolute Gasteiger partial charge is 0.478 e. The van der Waals surface area contributed by atoms with Crippen molar-refractivity contribution in [1.82, 2.24) is 14.8 Å². The highest BCUT2D eigenvalue weighted by atomic mass is 32.1. The third kappa shape index (κ3) is 4.59. The molecular formula is C19H20N4O3S. The monoisotopic (exact) mass is 384 g/mol. The van der Waals surface area contributed by atoms with Gasteiger partial charge in [0.2, 0.25) is 5.91 Å². The molecule has 0 aliphatic heterocycles. The zero-order valence-corrected chi connectivity index (χ0v) is 15.9. The smallest absolute Gasteiger partial charge is 0.339 e. The summed E-state index contributed by atoms with van der Waals surface area (Å²) in [6, 6.07) is 7.17. The van der Waals surface area contributed by atoms with Crippen molar-refractivity contribution in [3.8, 4) is 5.69 Å². The molecular weight excluding hydrogens is 364 g/mol. The Kier molecular flexibility index (Phi) is 5.66. The van der Waals surface area contributed by atoms with Crippen molar-refractivity contribution >= 4 is 28.9 Å². The SMILES string of the molecule is Cc1nc(CCCC(=O)Nc2cccc(-n3ncc(C(=O)O)c3C)c2)cs1. The van der Waals surface area contributed by atoms with E-state index in [0.29, 0.717) is 23.5 Å². The molecule has 140 valence electrons. The Morgan fingerprint density at radius 2 is 2.11 bits per heavy atom. The topological polar surface area (TPSA) is 97.1 Å². The predicted molar refractivity (Wildman–Crippen MR) is 104 cm³/mol. The van der Waals surface area contributed by atoms with Crippen LogP contribution in [0.25, 0.3) is 5.69 Å². The van der Waals surface area contributed by atoms with E-state index < -0.39 is 5.97 Å². The first-order chi connectivity index (χ1) is 12.9. The minimum Gasteiger partial charge on any atom is -0.478 e. The number of anilines is 1. The number of nitrogens with zero attached hydrogens (tertiary/aromatic N) is 3. The molecule has 0 aliphatic rings. The Morgan fingerprint density at radius 1 is 1.30 bits per heavy atom. The van der Waals surface area contributed by atoms with Crippen LogP contribution in [0.1, 0.15) is 39.6 Å². The summed E-state index contributed by atoms with van der Waals surface area (Å²) in [6.45, 7) is 3.66. The van der Waals surface area contributed by atoms with E-state index in [-0.39, 0.29) is 11.5 Å². The standard InChI is InChI=1S/C19H20N4O3S/c1-12-17(19(25)26)10-20-23(12)16-7-3-5-14(9-16)22-18(24)8-4-6-15-11-27-13(2)21-15/h3,5,7,9-11H,4,6,8H2,1-2H3,(H,22,24)(H,25,26). The second kappa shape index (κ2) is 8.13. The van der Waals surface area contributed by atoms with E-state index in [1.165, 1.54) is 6.20 Å². The number of carboxylic acids is 1. The molecule has 0 atom stereocenters. The maximum absolute atomic E-state index is 12.2. The van der Waals surface area contributed by atoms with Gasteiger partial charge in [0.25, 0.3) is 0 Å². The number of carboxylic acid groups (broad SMARTS) is 1. The second-order valence-corrected chi connectivity index (χ2v) is 7.23. The molecule has 2 N–H and O–H groups in total. The molecule has 0 fully saturated rings. The average molecular weight is 384 g/mol. The number of benzene rings is 1. The van der Waals surface area contributed by atoms with Crippen LogP contribution in [0, 0.1) is 13.8 Å². The summed E-state index contributed by atoms with van der Waals surface area (Å²) >= 11 is 1.61. The summed E-state index contributed by atoms with van der Waals surface area (Å²) in [7, 11) is 0. The molecule has 0 saturated carbocycles. The third-order valence-corrected chi connectivity index (χ3v) is 4.94. The molecule has 0 radical (unpaired) electrons. The van der Waals surface area contributed by atoms with Crippen LogP contribution >= 0.6 is 11.3 Å². The van der Waals surface area contributed by atoms with Crippen molar-refractivity contribution in [2.24, 2.45) is 0 Å². The van der Waals surface area contributed by atoms with Gasteiger partial charge in [0.1, 0.15) is 5.56 Å². The van der Waals surface area contributed by atoms with Gasteiger partial charge in [0, 0.05) is 17.5 Å². The summed E-state index contributed by atoms with van der Waals surface area (Å²) in [5.41, 5.74) is 3.05. The number of carbonyl (C=O) groups excluding carboxylic acids is 1. The summed E-state index contributed by atoms with van der Waals surface area (Å²) in [4.78, 5) is 27.8. The number of aromatic carboxylic acids is 1. The van der Waals surface area contributed by atoms with Crippen LogP contribution in [0.3, 0.4) is 0 Å². The van der Waals surface area contributed by atoms with Crippen LogP contribution in [0.5, 0.6) is 0 Å². The molecule has 7 nitrogen and oxygen atoms in total. The molecule has 2 heterocycles. The molecule has 1 amide bonds. The number of nitrogens with one attached hydrogen (secondary N) is 1. The third-order valence-electron chi connectivity index (χ3n) is 4.12. The Morgan fingerprint density at radius 3 is 2.78 bits per heavy atom. The molecule has 0 unspecified atom stereocenters. The van der Waals surface area contributed by atoms with Crippen molar-refractivity contribution in [3.05, 3.63) is 57.8 Å². The van der Waals surface area contributed by atoms with Crippen LogP contribution in [0.4, 0.5) is 5.69 Å². The zero-order valence-electron chi connectivity index (χ0n) is 15.1. The van der Waals surface area contributed by atoms with E-state index in [9.17, 15) is 9.59 Å². The van der Waals surface area contributed by atoms with Gasteiger partial charge in [-0.1, -0.05) is 6.07 Å². The fraction of sp³-hybridized carbons (Fsp3) is 0.263. The van der Waals surface area contributed by atoms with Crippen LogP contribution in [0.2, 0.25) is 0 Å². The Bertz CT molecular complexity index is 977. The Hall–Kier alpha value is -3.00. The molecule has 27 heavy (non-hydrogen) atoms. The lowest BCUT2D eigenvalue weighted by atomic mass is 10.2. The normalized spacial score (nSPS) is 10.7. The van der Waals surface area contributed by atoms with Crippen molar-refractivity contribution in [2.75, 3.05) is 5.32 Å². The highest BCUT2D eigenvalue weighted by molar-refractivity contribution is 7.09. The van der Waals surface area contributed by atoms with E-state index in [1.807, 2.05) is 18.4 Å². The van der Waals surface area contributed by atoms with Crippen LogP contribution in [-0.4, -0.2) is 31.7 Å².